The molecule has 1 aliphatic heterocycles. The van der Waals surface area contributed by atoms with Crippen LogP contribution in [0.2, 0.25) is 0 Å². The van der Waals surface area contributed by atoms with Crippen molar-refractivity contribution in [3.05, 3.63) is 50.5 Å². The summed E-state index contributed by atoms with van der Waals surface area (Å²) in [7, 11) is 0. The number of nitrogens with one attached hydrogen (secondary N) is 1. The summed E-state index contributed by atoms with van der Waals surface area (Å²) in [5, 5.41) is 6.20. The van der Waals surface area contributed by atoms with Gasteiger partial charge in [0.05, 0.1) is 11.7 Å². The van der Waals surface area contributed by atoms with Crippen LogP contribution in [0, 0.1) is 6.92 Å². The monoisotopic (exact) mass is 329 g/mol. The Morgan fingerprint density at radius 1 is 1.39 bits per heavy atom. The molecule has 0 saturated carbocycles. The number of fused-ring (bicyclic) bond motifs is 1. The second-order valence-corrected chi connectivity index (χ2v) is 7.00. The summed E-state index contributed by atoms with van der Waals surface area (Å²) < 4.78 is 1.49. The predicted octanol–water partition coefficient (Wildman–Crippen LogP) is 2.51. The second-order valence-electron chi connectivity index (χ2n) is 6.07. The molecule has 0 spiro atoms. The molecule has 7 heteroatoms. The van der Waals surface area contributed by atoms with Crippen molar-refractivity contribution in [3.8, 4) is 0 Å². The number of nitrogens with zero attached hydrogens (tertiary/aromatic N) is 4. The van der Waals surface area contributed by atoms with Crippen LogP contribution in [-0.4, -0.2) is 31.0 Å². The number of H-pyrrole nitrogens is 1. The van der Waals surface area contributed by atoms with Crippen LogP contribution in [0.4, 0.5) is 0 Å². The number of aromatic nitrogens is 4. The topological polar surface area (TPSA) is 66.3 Å². The third-order valence-electron chi connectivity index (χ3n) is 4.35. The lowest BCUT2D eigenvalue weighted by molar-refractivity contribution is 0.138. The summed E-state index contributed by atoms with van der Waals surface area (Å²) in [5.41, 5.74) is 2.40. The van der Waals surface area contributed by atoms with Gasteiger partial charge >= 0.3 is 0 Å². The van der Waals surface area contributed by atoms with E-state index in [1.807, 2.05) is 24.6 Å². The molecule has 0 aromatic carbocycles. The van der Waals surface area contributed by atoms with Gasteiger partial charge in [0, 0.05) is 35.9 Å². The molecule has 3 aromatic heterocycles. The highest BCUT2D eigenvalue weighted by molar-refractivity contribution is 7.09. The summed E-state index contributed by atoms with van der Waals surface area (Å²) >= 11 is 1.71. The van der Waals surface area contributed by atoms with Crippen molar-refractivity contribution in [2.24, 2.45) is 0 Å². The largest absolute Gasteiger partial charge is 0.294 e. The van der Waals surface area contributed by atoms with Gasteiger partial charge in [-0.1, -0.05) is 6.42 Å². The molecule has 120 valence electrons. The number of aromatic amines is 1. The van der Waals surface area contributed by atoms with Gasteiger partial charge < -0.3 is 0 Å². The molecule has 0 amide bonds. The summed E-state index contributed by atoms with van der Waals surface area (Å²) in [6, 6.07) is 3.88. The highest BCUT2D eigenvalue weighted by Gasteiger charge is 2.26. The quantitative estimate of drug-likeness (QED) is 0.802. The molecule has 1 atom stereocenters. The normalized spacial score (nSPS) is 19.4. The van der Waals surface area contributed by atoms with Gasteiger partial charge in [-0.3, -0.25) is 14.8 Å². The Hall–Kier alpha value is -1.99. The molecule has 23 heavy (non-hydrogen) atoms. The fraction of sp³-hybridized carbons (Fsp3) is 0.438. The fourth-order valence-electron chi connectivity index (χ4n) is 3.31. The third-order valence-corrected chi connectivity index (χ3v) is 5.22. The van der Waals surface area contributed by atoms with Crippen molar-refractivity contribution in [3.63, 3.8) is 0 Å². The summed E-state index contributed by atoms with van der Waals surface area (Å²) in [6.07, 6.45) is 5.41. The van der Waals surface area contributed by atoms with Gasteiger partial charge in [0.1, 0.15) is 5.01 Å². The lowest BCUT2D eigenvalue weighted by atomic mass is 10.0. The van der Waals surface area contributed by atoms with Crippen LogP contribution in [0.1, 0.15) is 41.7 Å². The molecule has 0 unspecified atom stereocenters. The molecular formula is C16H19N5OS. The smallest absolute Gasteiger partial charge is 0.272 e. The summed E-state index contributed by atoms with van der Waals surface area (Å²) in [4.78, 5) is 23.8. The zero-order chi connectivity index (χ0) is 15.8. The van der Waals surface area contributed by atoms with Crippen LogP contribution in [0.15, 0.2) is 28.5 Å². The maximum atomic E-state index is 12.2. The Balaban J connectivity index is 1.64. The van der Waals surface area contributed by atoms with E-state index in [0.29, 0.717) is 18.2 Å². The number of hydrogen-bond acceptors (Lipinski definition) is 5. The lowest BCUT2D eigenvalue weighted by Crippen LogP contribution is -2.33. The highest BCUT2D eigenvalue weighted by Crippen LogP contribution is 2.32. The maximum absolute atomic E-state index is 12.2. The number of likely N-dealkylation sites (tertiary alicyclic amines) is 1. The van der Waals surface area contributed by atoms with E-state index >= 15 is 0 Å². The lowest BCUT2D eigenvalue weighted by Gasteiger charge is -2.34. The van der Waals surface area contributed by atoms with Crippen LogP contribution in [0.5, 0.6) is 0 Å². The highest BCUT2D eigenvalue weighted by atomic mass is 32.1. The number of hydrogen-bond donors (Lipinski definition) is 1. The molecule has 1 N–H and O–H groups in total. The minimum Gasteiger partial charge on any atom is -0.294 e. The van der Waals surface area contributed by atoms with E-state index in [9.17, 15) is 4.79 Å². The van der Waals surface area contributed by atoms with Crippen molar-refractivity contribution in [1.29, 1.82) is 0 Å². The predicted molar refractivity (Wildman–Crippen MR) is 89.7 cm³/mol. The van der Waals surface area contributed by atoms with Gasteiger partial charge in [0.15, 0.2) is 5.65 Å². The van der Waals surface area contributed by atoms with Crippen LogP contribution in [0.25, 0.3) is 5.65 Å². The van der Waals surface area contributed by atoms with Crippen molar-refractivity contribution in [1.82, 2.24) is 24.5 Å². The minimum atomic E-state index is -0.0547. The number of piperidine rings is 1. The van der Waals surface area contributed by atoms with E-state index < -0.39 is 0 Å². The first-order valence-corrected chi connectivity index (χ1v) is 8.80. The standard InChI is InChI=1S/C16H19N5OS/c1-11-8-14-18-12(9-15(22)21(14)19-11)10-20-6-3-2-4-13(20)16-17-5-7-23-16/h5,7-9,13,19H,2-4,6,10H2,1H3/t13-/m1/s1. The van der Waals surface area contributed by atoms with E-state index in [4.69, 9.17) is 0 Å². The van der Waals surface area contributed by atoms with Crippen LogP contribution in [0.3, 0.4) is 0 Å². The summed E-state index contributed by atoms with van der Waals surface area (Å²) in [6.45, 7) is 3.65. The first-order chi connectivity index (χ1) is 11.2. The van der Waals surface area contributed by atoms with Gasteiger partial charge in [0.25, 0.3) is 5.56 Å². The Kier molecular flexibility index (Phi) is 3.74. The van der Waals surface area contributed by atoms with Crippen molar-refractivity contribution < 1.29 is 0 Å². The minimum absolute atomic E-state index is 0.0547. The molecular weight excluding hydrogens is 310 g/mol. The molecule has 0 aliphatic carbocycles. The second kappa shape index (κ2) is 5.90. The number of rotatable bonds is 3. The number of aryl methyl sites for hydroxylation is 1. The molecule has 6 nitrogen and oxygen atoms in total. The van der Waals surface area contributed by atoms with Crippen molar-refractivity contribution >= 4 is 17.0 Å². The van der Waals surface area contributed by atoms with Crippen LogP contribution >= 0.6 is 11.3 Å². The molecule has 1 fully saturated rings. The molecule has 0 bridgehead atoms. The summed E-state index contributed by atoms with van der Waals surface area (Å²) in [5.74, 6) is 0. The van der Waals surface area contributed by atoms with Crippen molar-refractivity contribution in [2.75, 3.05) is 6.54 Å². The van der Waals surface area contributed by atoms with Gasteiger partial charge in [0.2, 0.25) is 0 Å². The molecule has 1 aliphatic rings. The third kappa shape index (κ3) is 2.82. The fourth-order valence-corrected chi connectivity index (χ4v) is 4.12. The maximum Gasteiger partial charge on any atom is 0.272 e. The first-order valence-electron chi connectivity index (χ1n) is 7.92. The zero-order valence-electron chi connectivity index (χ0n) is 13.0. The van der Waals surface area contributed by atoms with Crippen LogP contribution < -0.4 is 5.56 Å². The van der Waals surface area contributed by atoms with E-state index in [1.54, 1.807) is 17.4 Å². The van der Waals surface area contributed by atoms with Gasteiger partial charge in [-0.2, -0.15) is 0 Å². The van der Waals surface area contributed by atoms with Gasteiger partial charge in [-0.25, -0.2) is 14.5 Å². The average molecular weight is 329 g/mol. The van der Waals surface area contributed by atoms with Crippen molar-refractivity contribution in [2.45, 2.75) is 38.8 Å². The van der Waals surface area contributed by atoms with E-state index in [2.05, 4.69) is 20.0 Å². The SMILES string of the molecule is Cc1cc2nc(CN3CCCC[C@@H]3c3nccs3)cc(=O)n2[nH]1. The Labute approximate surface area is 137 Å². The van der Waals surface area contributed by atoms with E-state index in [0.717, 1.165) is 24.4 Å². The molecule has 0 radical (unpaired) electrons. The molecule has 4 rings (SSSR count). The average Bonchev–Trinajstić information content (AvgIpc) is 3.17. The van der Waals surface area contributed by atoms with Gasteiger partial charge in [-0.15, -0.1) is 11.3 Å². The Morgan fingerprint density at radius 3 is 3.13 bits per heavy atom. The van der Waals surface area contributed by atoms with E-state index in [-0.39, 0.29) is 5.56 Å². The molecule has 3 aromatic rings. The Morgan fingerprint density at radius 2 is 2.30 bits per heavy atom. The Bertz CT molecular complexity index is 866. The molecule has 4 heterocycles. The van der Waals surface area contributed by atoms with E-state index in [1.165, 1.54) is 22.4 Å². The van der Waals surface area contributed by atoms with Gasteiger partial charge in [-0.05, 0) is 26.3 Å². The molecule has 1 saturated heterocycles. The number of thiazole rings is 1. The first kappa shape index (κ1) is 14.6. The zero-order valence-corrected chi connectivity index (χ0v) is 13.8. The van der Waals surface area contributed by atoms with Crippen LogP contribution in [-0.2, 0) is 6.54 Å².